The molecule has 2 aromatic rings. The van der Waals surface area contributed by atoms with Gasteiger partial charge in [-0.05, 0) is 30.2 Å². The molecule has 0 aliphatic rings. The Hall–Kier alpha value is -2.63. The molecule has 0 saturated heterocycles. The van der Waals surface area contributed by atoms with Gasteiger partial charge in [0, 0.05) is 12.7 Å². The van der Waals surface area contributed by atoms with Gasteiger partial charge in [0.2, 0.25) is 0 Å². The highest BCUT2D eigenvalue weighted by atomic mass is 19.1. The van der Waals surface area contributed by atoms with Crippen molar-refractivity contribution >= 4 is 17.5 Å². The minimum Gasteiger partial charge on any atom is -0.465 e. The number of rotatable bonds is 5. The molecule has 1 heterocycles. The number of aromatic nitrogens is 1. The maximum Gasteiger partial charge on any atom is 0.340 e. The molecule has 0 spiro atoms. The summed E-state index contributed by atoms with van der Waals surface area (Å²) in [6, 6.07) is 7.78. The Morgan fingerprint density at radius 1 is 1.33 bits per heavy atom. The van der Waals surface area contributed by atoms with Crippen LogP contribution in [0.25, 0.3) is 0 Å². The fourth-order valence-corrected chi connectivity index (χ4v) is 1.88. The van der Waals surface area contributed by atoms with E-state index >= 15 is 0 Å². The number of nitrogens with one attached hydrogen (secondary N) is 1. The van der Waals surface area contributed by atoms with Crippen LogP contribution in [0, 0.1) is 5.82 Å². The summed E-state index contributed by atoms with van der Waals surface area (Å²) in [6.07, 6.45) is 2.17. The van der Waals surface area contributed by atoms with Crippen LogP contribution in [0.15, 0.2) is 36.5 Å². The monoisotopic (exact) mass is 289 g/mol. The van der Waals surface area contributed by atoms with E-state index < -0.39 is 5.97 Å². The molecule has 0 saturated carbocycles. The Balaban J connectivity index is 2.00. The van der Waals surface area contributed by atoms with Crippen LogP contribution in [-0.4, -0.2) is 24.6 Å². The van der Waals surface area contributed by atoms with Crippen LogP contribution in [0.5, 0.6) is 0 Å². The van der Waals surface area contributed by atoms with E-state index in [0.717, 1.165) is 5.56 Å². The Morgan fingerprint density at radius 3 is 2.71 bits per heavy atom. The van der Waals surface area contributed by atoms with E-state index in [4.69, 9.17) is 5.73 Å². The van der Waals surface area contributed by atoms with Gasteiger partial charge in [-0.15, -0.1) is 0 Å². The van der Waals surface area contributed by atoms with Gasteiger partial charge in [-0.1, -0.05) is 12.1 Å². The van der Waals surface area contributed by atoms with E-state index in [-0.39, 0.29) is 17.1 Å². The average Bonchev–Trinajstić information content (AvgIpc) is 2.50. The summed E-state index contributed by atoms with van der Waals surface area (Å²) in [5, 5.41) is 3.06. The summed E-state index contributed by atoms with van der Waals surface area (Å²) in [7, 11) is 1.30. The number of esters is 1. The summed E-state index contributed by atoms with van der Waals surface area (Å²) >= 11 is 0. The van der Waals surface area contributed by atoms with Crippen LogP contribution < -0.4 is 11.1 Å². The summed E-state index contributed by atoms with van der Waals surface area (Å²) in [6.45, 7) is 0.563. The van der Waals surface area contributed by atoms with Crippen molar-refractivity contribution in [1.29, 1.82) is 0 Å². The molecule has 6 heteroatoms. The van der Waals surface area contributed by atoms with Crippen molar-refractivity contribution in [2.45, 2.75) is 6.42 Å². The fourth-order valence-electron chi connectivity index (χ4n) is 1.88. The number of nitrogens with zero attached hydrogens (tertiary/aromatic N) is 1. The molecule has 1 aromatic heterocycles. The van der Waals surface area contributed by atoms with Crippen molar-refractivity contribution in [2.24, 2.45) is 0 Å². The van der Waals surface area contributed by atoms with Gasteiger partial charge >= 0.3 is 5.97 Å². The maximum absolute atomic E-state index is 12.8. The standard InChI is InChI=1S/C15H16FN3O2/c1-21-15(20)12-7-9-19-14(13(12)17)18-8-6-10-2-4-11(16)5-3-10/h2-5,7,9H,6,8,17H2,1H3,(H,18,19). The predicted molar refractivity (Wildman–Crippen MR) is 78.6 cm³/mol. The number of carbonyl (C=O) groups is 1. The third-order valence-corrected chi connectivity index (χ3v) is 3.01. The molecule has 0 radical (unpaired) electrons. The first kappa shape index (κ1) is 14.8. The largest absolute Gasteiger partial charge is 0.465 e. The lowest BCUT2D eigenvalue weighted by atomic mass is 10.1. The molecule has 3 N–H and O–H groups in total. The van der Waals surface area contributed by atoms with Crippen molar-refractivity contribution in [3.05, 3.63) is 53.5 Å². The molecule has 0 aliphatic carbocycles. The maximum atomic E-state index is 12.8. The molecule has 0 aliphatic heterocycles. The highest BCUT2D eigenvalue weighted by Gasteiger charge is 2.13. The summed E-state index contributed by atoms with van der Waals surface area (Å²) < 4.78 is 17.4. The Bertz CT molecular complexity index is 629. The van der Waals surface area contributed by atoms with Gasteiger partial charge in [0.1, 0.15) is 11.6 Å². The highest BCUT2D eigenvalue weighted by molar-refractivity contribution is 5.97. The second-order valence-corrected chi connectivity index (χ2v) is 4.42. The van der Waals surface area contributed by atoms with Crippen LogP contribution in [0.3, 0.4) is 0 Å². The SMILES string of the molecule is COC(=O)c1ccnc(NCCc2ccc(F)cc2)c1N. The molecule has 0 bridgehead atoms. The van der Waals surface area contributed by atoms with E-state index in [1.165, 1.54) is 31.5 Å². The van der Waals surface area contributed by atoms with Gasteiger partial charge in [-0.2, -0.15) is 0 Å². The number of nitrogen functional groups attached to an aromatic ring is 1. The number of nitrogens with two attached hydrogens (primary N) is 1. The van der Waals surface area contributed by atoms with Crippen molar-refractivity contribution in [3.8, 4) is 0 Å². The van der Waals surface area contributed by atoms with Crippen LogP contribution in [0.1, 0.15) is 15.9 Å². The van der Waals surface area contributed by atoms with Crippen molar-refractivity contribution in [2.75, 3.05) is 24.7 Å². The minimum atomic E-state index is -0.503. The molecule has 0 fully saturated rings. The van der Waals surface area contributed by atoms with E-state index in [0.29, 0.717) is 18.8 Å². The normalized spacial score (nSPS) is 10.2. The number of ether oxygens (including phenoxy) is 1. The average molecular weight is 289 g/mol. The zero-order chi connectivity index (χ0) is 15.2. The first-order valence-corrected chi connectivity index (χ1v) is 6.43. The van der Waals surface area contributed by atoms with Crippen molar-refractivity contribution in [3.63, 3.8) is 0 Å². The third-order valence-electron chi connectivity index (χ3n) is 3.01. The number of halogens is 1. The lowest BCUT2D eigenvalue weighted by Crippen LogP contribution is -2.12. The second kappa shape index (κ2) is 6.69. The molecule has 0 amide bonds. The van der Waals surface area contributed by atoms with Gasteiger partial charge in [0.05, 0.1) is 18.4 Å². The highest BCUT2D eigenvalue weighted by Crippen LogP contribution is 2.20. The van der Waals surface area contributed by atoms with E-state index in [2.05, 4.69) is 15.0 Å². The summed E-state index contributed by atoms with van der Waals surface area (Å²) in [5.74, 6) is -0.333. The Kier molecular flexibility index (Phi) is 4.71. The lowest BCUT2D eigenvalue weighted by molar-refractivity contribution is 0.0602. The van der Waals surface area contributed by atoms with Gasteiger partial charge in [0.15, 0.2) is 0 Å². The Morgan fingerprint density at radius 2 is 2.05 bits per heavy atom. The number of benzene rings is 1. The van der Waals surface area contributed by atoms with Gasteiger partial charge in [0.25, 0.3) is 0 Å². The topological polar surface area (TPSA) is 77.2 Å². The molecular weight excluding hydrogens is 273 g/mol. The van der Waals surface area contributed by atoms with Gasteiger partial charge < -0.3 is 15.8 Å². The van der Waals surface area contributed by atoms with Crippen LogP contribution >= 0.6 is 0 Å². The first-order chi connectivity index (χ1) is 10.1. The third kappa shape index (κ3) is 3.68. The number of hydrogen-bond donors (Lipinski definition) is 2. The first-order valence-electron chi connectivity index (χ1n) is 6.43. The van der Waals surface area contributed by atoms with Crippen molar-refractivity contribution < 1.29 is 13.9 Å². The molecule has 0 unspecified atom stereocenters. The van der Waals surface area contributed by atoms with Gasteiger partial charge in [-0.3, -0.25) is 0 Å². The van der Waals surface area contributed by atoms with Crippen LogP contribution in [-0.2, 0) is 11.2 Å². The molecule has 0 atom stereocenters. The molecule has 5 nitrogen and oxygen atoms in total. The molecule has 21 heavy (non-hydrogen) atoms. The second-order valence-electron chi connectivity index (χ2n) is 4.42. The number of pyridine rings is 1. The fraction of sp³-hybridized carbons (Fsp3) is 0.200. The number of carbonyl (C=O) groups excluding carboxylic acids is 1. The molecule has 1 aromatic carbocycles. The molecule has 110 valence electrons. The predicted octanol–water partition coefficient (Wildman–Crippen LogP) is 2.24. The Labute approximate surface area is 121 Å². The quantitative estimate of drug-likeness (QED) is 0.825. The van der Waals surface area contributed by atoms with Crippen LogP contribution in [0.2, 0.25) is 0 Å². The van der Waals surface area contributed by atoms with E-state index in [1.807, 2.05) is 0 Å². The zero-order valence-electron chi connectivity index (χ0n) is 11.6. The lowest BCUT2D eigenvalue weighted by Gasteiger charge is -2.10. The number of hydrogen-bond acceptors (Lipinski definition) is 5. The molecular formula is C15H16FN3O2. The van der Waals surface area contributed by atoms with E-state index in [9.17, 15) is 9.18 Å². The molecule has 2 rings (SSSR count). The van der Waals surface area contributed by atoms with Crippen LogP contribution in [0.4, 0.5) is 15.9 Å². The zero-order valence-corrected chi connectivity index (χ0v) is 11.6. The smallest absolute Gasteiger partial charge is 0.340 e. The van der Waals surface area contributed by atoms with Crippen molar-refractivity contribution in [1.82, 2.24) is 4.98 Å². The van der Waals surface area contributed by atoms with Gasteiger partial charge in [-0.25, -0.2) is 14.2 Å². The summed E-state index contributed by atoms with van der Waals surface area (Å²) in [5.41, 5.74) is 7.40. The summed E-state index contributed by atoms with van der Waals surface area (Å²) in [4.78, 5) is 15.6. The number of methoxy groups -OCH3 is 1. The number of anilines is 2. The van der Waals surface area contributed by atoms with E-state index in [1.54, 1.807) is 12.1 Å². The minimum absolute atomic E-state index is 0.253.